The highest BCUT2D eigenvalue weighted by atomic mass is 16.5. The zero-order valence-electron chi connectivity index (χ0n) is 18.2. The molecule has 1 aliphatic heterocycles. The Hall–Kier alpha value is -2.69. The highest BCUT2D eigenvalue weighted by Gasteiger charge is 2.35. The van der Waals surface area contributed by atoms with Crippen molar-refractivity contribution in [3.8, 4) is 17.2 Å². The number of amides is 1. The molecule has 2 aromatic rings. The summed E-state index contributed by atoms with van der Waals surface area (Å²) in [6.45, 7) is 10.3. The molecule has 0 unspecified atom stereocenters. The van der Waals surface area contributed by atoms with Crippen molar-refractivity contribution < 1.29 is 19.0 Å². The van der Waals surface area contributed by atoms with Crippen LogP contribution in [0.25, 0.3) is 0 Å². The average molecular weight is 398 g/mol. The second-order valence-corrected chi connectivity index (χ2v) is 8.57. The lowest BCUT2D eigenvalue weighted by Gasteiger charge is -2.38. The van der Waals surface area contributed by atoms with E-state index >= 15 is 0 Å². The molecule has 0 fully saturated rings. The highest BCUT2D eigenvalue weighted by molar-refractivity contribution is 5.78. The third kappa shape index (κ3) is 5.03. The van der Waals surface area contributed by atoms with Crippen molar-refractivity contribution in [2.45, 2.75) is 58.6 Å². The number of carbonyl (C=O) groups is 1. The topological polar surface area (TPSA) is 56.8 Å². The van der Waals surface area contributed by atoms with Gasteiger partial charge >= 0.3 is 0 Å². The molecule has 29 heavy (non-hydrogen) atoms. The molecule has 0 bridgehead atoms. The van der Waals surface area contributed by atoms with Crippen molar-refractivity contribution in [1.82, 2.24) is 5.32 Å². The largest absolute Gasteiger partial charge is 0.497 e. The predicted molar refractivity (Wildman–Crippen MR) is 114 cm³/mol. The van der Waals surface area contributed by atoms with Crippen LogP contribution in [-0.2, 0) is 4.79 Å². The van der Waals surface area contributed by atoms with Gasteiger partial charge in [0.25, 0.3) is 5.91 Å². The maximum Gasteiger partial charge on any atom is 0.258 e. The van der Waals surface area contributed by atoms with Crippen molar-refractivity contribution in [2.24, 2.45) is 0 Å². The minimum atomic E-state index is -0.373. The molecule has 1 amide bonds. The van der Waals surface area contributed by atoms with Crippen LogP contribution in [0.1, 0.15) is 62.8 Å². The Balaban J connectivity index is 1.74. The number of hydrogen-bond donors (Lipinski definition) is 1. The van der Waals surface area contributed by atoms with Crippen LogP contribution in [-0.4, -0.2) is 25.2 Å². The lowest BCUT2D eigenvalue weighted by molar-refractivity contribution is -0.124. The summed E-state index contributed by atoms with van der Waals surface area (Å²) in [6.07, 6.45) is 0.667. The fourth-order valence-corrected chi connectivity index (χ4v) is 3.71. The van der Waals surface area contributed by atoms with E-state index in [1.165, 1.54) is 0 Å². The van der Waals surface area contributed by atoms with E-state index in [1.807, 2.05) is 45.0 Å². The van der Waals surface area contributed by atoms with Crippen molar-refractivity contribution in [1.29, 1.82) is 0 Å². The molecule has 0 saturated carbocycles. The van der Waals surface area contributed by atoms with Gasteiger partial charge in [0.1, 0.15) is 22.8 Å². The Morgan fingerprint density at radius 2 is 2.00 bits per heavy atom. The smallest absolute Gasteiger partial charge is 0.258 e. The Labute approximate surface area is 173 Å². The number of aryl methyl sites for hydroxylation is 1. The van der Waals surface area contributed by atoms with Crippen molar-refractivity contribution in [3.63, 3.8) is 0 Å². The van der Waals surface area contributed by atoms with Gasteiger partial charge in [0.05, 0.1) is 13.2 Å². The van der Waals surface area contributed by atoms with E-state index in [9.17, 15) is 4.79 Å². The number of rotatable bonds is 6. The molecular formula is C24H31NO4. The summed E-state index contributed by atoms with van der Waals surface area (Å²) in [7, 11) is 1.63. The van der Waals surface area contributed by atoms with Crippen LogP contribution in [0, 0.1) is 6.92 Å². The summed E-state index contributed by atoms with van der Waals surface area (Å²) in [4.78, 5) is 12.7. The molecule has 0 saturated heterocycles. The molecule has 156 valence electrons. The van der Waals surface area contributed by atoms with E-state index in [4.69, 9.17) is 14.2 Å². The minimum absolute atomic E-state index is 0.0275. The first kappa shape index (κ1) is 21.0. The summed E-state index contributed by atoms with van der Waals surface area (Å²) in [5, 5.41) is 3.12. The number of hydrogen-bond acceptors (Lipinski definition) is 4. The highest BCUT2D eigenvalue weighted by Crippen LogP contribution is 2.41. The van der Waals surface area contributed by atoms with E-state index in [0.29, 0.717) is 12.3 Å². The molecular weight excluding hydrogens is 366 g/mol. The maximum atomic E-state index is 12.7. The number of nitrogens with one attached hydrogen (secondary N) is 1. The fraction of sp³-hybridized carbons (Fsp3) is 0.458. The molecule has 0 radical (unpaired) electrons. The van der Waals surface area contributed by atoms with Gasteiger partial charge in [-0.2, -0.15) is 0 Å². The van der Waals surface area contributed by atoms with Gasteiger partial charge in [-0.25, -0.2) is 0 Å². The van der Waals surface area contributed by atoms with Crippen molar-refractivity contribution >= 4 is 5.91 Å². The summed E-state index contributed by atoms with van der Waals surface area (Å²) >= 11 is 0. The molecule has 0 aliphatic carbocycles. The van der Waals surface area contributed by atoms with E-state index in [0.717, 1.165) is 33.9 Å². The van der Waals surface area contributed by atoms with Gasteiger partial charge in [0, 0.05) is 12.0 Å². The molecule has 1 aliphatic rings. The predicted octanol–water partition coefficient (Wildman–Crippen LogP) is 4.92. The van der Waals surface area contributed by atoms with Gasteiger partial charge in [-0.05, 0) is 62.1 Å². The summed E-state index contributed by atoms with van der Waals surface area (Å²) in [5.74, 6) is 2.45. The molecule has 5 heteroatoms. The first-order valence-corrected chi connectivity index (χ1v) is 10.1. The molecule has 2 aromatic carbocycles. The summed E-state index contributed by atoms with van der Waals surface area (Å²) in [5.41, 5.74) is 2.76. The third-order valence-corrected chi connectivity index (χ3v) is 5.16. The Morgan fingerprint density at radius 3 is 2.69 bits per heavy atom. The van der Waals surface area contributed by atoms with Crippen LogP contribution in [0.2, 0.25) is 0 Å². The first-order valence-electron chi connectivity index (χ1n) is 10.1. The lowest BCUT2D eigenvalue weighted by Crippen LogP contribution is -2.42. The lowest BCUT2D eigenvalue weighted by atomic mass is 9.89. The SMILES string of the molecule is COc1ccc2c(c1)[C@@H](NC(=O)COc1cc(C)ccc1C(C)C)CC(C)(C)O2. The van der Waals surface area contributed by atoms with Gasteiger partial charge in [-0.3, -0.25) is 4.79 Å². The van der Waals surface area contributed by atoms with Crippen LogP contribution in [0.4, 0.5) is 0 Å². The quantitative estimate of drug-likeness (QED) is 0.751. The molecule has 3 rings (SSSR count). The van der Waals surface area contributed by atoms with Crippen LogP contribution in [0.3, 0.4) is 0 Å². The van der Waals surface area contributed by atoms with Crippen molar-refractivity contribution in [2.75, 3.05) is 13.7 Å². The second kappa shape index (κ2) is 8.36. The Morgan fingerprint density at radius 1 is 1.24 bits per heavy atom. The van der Waals surface area contributed by atoms with Gasteiger partial charge in [-0.15, -0.1) is 0 Å². The zero-order chi connectivity index (χ0) is 21.2. The monoisotopic (exact) mass is 397 g/mol. The average Bonchev–Trinajstić information content (AvgIpc) is 2.65. The standard InChI is InChI=1S/C24H31NO4/c1-15(2)18-9-7-16(3)11-22(18)28-14-23(26)25-20-13-24(4,5)29-21-10-8-17(27-6)12-19(20)21/h7-12,15,20H,13-14H2,1-6H3,(H,25,26)/t20-/m0/s1. The van der Waals surface area contributed by atoms with Gasteiger partial charge in [0.2, 0.25) is 0 Å². The van der Waals surface area contributed by atoms with Gasteiger partial charge in [-0.1, -0.05) is 26.0 Å². The van der Waals surface area contributed by atoms with Crippen LogP contribution < -0.4 is 19.5 Å². The summed E-state index contributed by atoms with van der Waals surface area (Å²) in [6, 6.07) is 11.6. The van der Waals surface area contributed by atoms with Gasteiger partial charge < -0.3 is 19.5 Å². The maximum absolute atomic E-state index is 12.7. The number of methoxy groups -OCH3 is 1. The zero-order valence-corrected chi connectivity index (χ0v) is 18.2. The van der Waals surface area contributed by atoms with Crippen molar-refractivity contribution in [3.05, 3.63) is 53.1 Å². The first-order chi connectivity index (χ1) is 13.7. The third-order valence-electron chi connectivity index (χ3n) is 5.16. The number of fused-ring (bicyclic) bond motifs is 1. The second-order valence-electron chi connectivity index (χ2n) is 8.57. The Bertz CT molecular complexity index is 888. The Kier molecular flexibility index (Phi) is 6.06. The molecule has 0 spiro atoms. The summed E-state index contributed by atoms with van der Waals surface area (Å²) < 4.78 is 17.3. The van der Waals surface area contributed by atoms with Crippen LogP contribution in [0.15, 0.2) is 36.4 Å². The fourth-order valence-electron chi connectivity index (χ4n) is 3.71. The molecule has 1 heterocycles. The van der Waals surface area contributed by atoms with Crippen LogP contribution in [0.5, 0.6) is 17.2 Å². The molecule has 5 nitrogen and oxygen atoms in total. The normalized spacial score (nSPS) is 17.3. The number of ether oxygens (including phenoxy) is 3. The minimum Gasteiger partial charge on any atom is -0.497 e. The molecule has 1 N–H and O–H groups in total. The van der Waals surface area contributed by atoms with E-state index < -0.39 is 0 Å². The van der Waals surface area contributed by atoms with E-state index in [-0.39, 0.29) is 24.2 Å². The molecule has 1 atom stereocenters. The number of benzene rings is 2. The number of carbonyl (C=O) groups excluding carboxylic acids is 1. The van der Waals surface area contributed by atoms with E-state index in [1.54, 1.807) is 7.11 Å². The molecule has 0 aromatic heterocycles. The van der Waals surface area contributed by atoms with E-state index in [2.05, 4.69) is 31.3 Å². The van der Waals surface area contributed by atoms with Crippen LogP contribution >= 0.6 is 0 Å². The van der Waals surface area contributed by atoms with Gasteiger partial charge in [0.15, 0.2) is 6.61 Å².